The largest absolute Gasteiger partial charge is 0.598 e. The van der Waals surface area contributed by atoms with Crippen LogP contribution < -0.4 is 19.1 Å². The Morgan fingerprint density at radius 2 is 1.43 bits per heavy atom. The molecular formula is C26H33ClN4O3S. The van der Waals surface area contributed by atoms with Crippen molar-refractivity contribution in [1.29, 1.82) is 0 Å². The number of aromatic nitrogens is 2. The predicted molar refractivity (Wildman–Crippen MR) is 142 cm³/mol. The van der Waals surface area contributed by atoms with Crippen LogP contribution in [0.1, 0.15) is 50.4 Å². The average Bonchev–Trinajstić information content (AvgIpc) is 2.84. The van der Waals surface area contributed by atoms with E-state index in [0.717, 1.165) is 28.2 Å². The summed E-state index contributed by atoms with van der Waals surface area (Å²) in [4.78, 5) is 2.13. The van der Waals surface area contributed by atoms with E-state index in [1.54, 1.807) is 14.2 Å². The van der Waals surface area contributed by atoms with Crippen molar-refractivity contribution in [3.63, 3.8) is 0 Å². The minimum Gasteiger partial charge on any atom is -0.598 e. The molecule has 0 bridgehead atoms. The summed E-state index contributed by atoms with van der Waals surface area (Å²) in [6, 6.07) is 17.5. The second kappa shape index (κ2) is 11.9. The molecule has 0 saturated heterocycles. The highest BCUT2D eigenvalue weighted by Gasteiger charge is 2.29. The molecule has 2 atom stereocenters. The van der Waals surface area contributed by atoms with Gasteiger partial charge in [0.1, 0.15) is 16.2 Å². The molecule has 0 aliphatic rings. The quantitative estimate of drug-likeness (QED) is 0.358. The Morgan fingerprint density at radius 1 is 0.943 bits per heavy atom. The van der Waals surface area contributed by atoms with E-state index in [4.69, 9.17) is 21.1 Å². The van der Waals surface area contributed by atoms with Gasteiger partial charge in [-0.2, -0.15) is 0 Å². The molecule has 35 heavy (non-hydrogen) atoms. The number of hydrogen-bond donors (Lipinski definition) is 1. The first-order chi connectivity index (χ1) is 16.6. The number of ether oxygens (including phenoxy) is 2. The summed E-state index contributed by atoms with van der Waals surface area (Å²) in [5.74, 6) is 2.28. The molecule has 0 amide bonds. The van der Waals surface area contributed by atoms with E-state index < -0.39 is 16.1 Å². The van der Waals surface area contributed by atoms with Gasteiger partial charge < -0.3 is 18.9 Å². The lowest BCUT2D eigenvalue weighted by atomic mass is 10.1. The first-order valence-corrected chi connectivity index (χ1v) is 12.9. The van der Waals surface area contributed by atoms with E-state index in [9.17, 15) is 4.55 Å². The number of benzene rings is 2. The molecule has 188 valence electrons. The fourth-order valence-electron chi connectivity index (χ4n) is 3.36. The number of halogens is 1. The van der Waals surface area contributed by atoms with Crippen LogP contribution in [0, 0.1) is 0 Å². The molecule has 3 rings (SSSR count). The maximum atomic E-state index is 12.7. The van der Waals surface area contributed by atoms with Gasteiger partial charge in [0.05, 0.1) is 20.3 Å². The third kappa shape index (κ3) is 7.48. The third-order valence-electron chi connectivity index (χ3n) is 5.46. The van der Waals surface area contributed by atoms with Gasteiger partial charge in [-0.15, -0.1) is 14.9 Å². The summed E-state index contributed by atoms with van der Waals surface area (Å²) in [5.41, 5.74) is 2.93. The molecule has 0 unspecified atom stereocenters. The van der Waals surface area contributed by atoms with E-state index in [0.29, 0.717) is 18.9 Å². The van der Waals surface area contributed by atoms with Crippen LogP contribution in [0.25, 0.3) is 0 Å². The van der Waals surface area contributed by atoms with Gasteiger partial charge in [-0.3, -0.25) is 0 Å². The van der Waals surface area contributed by atoms with Crippen LogP contribution in [0.3, 0.4) is 0 Å². The van der Waals surface area contributed by atoms with Crippen LogP contribution in [0.2, 0.25) is 5.15 Å². The Balaban J connectivity index is 1.92. The van der Waals surface area contributed by atoms with E-state index in [1.807, 2.05) is 82.3 Å². The molecule has 3 aromatic rings. The molecule has 0 aliphatic heterocycles. The summed E-state index contributed by atoms with van der Waals surface area (Å²) in [6.45, 7) is 8.89. The highest BCUT2D eigenvalue weighted by atomic mass is 35.5. The molecular weight excluding hydrogens is 484 g/mol. The lowest BCUT2D eigenvalue weighted by molar-refractivity contribution is 0.414. The Kier molecular flexibility index (Phi) is 9.24. The Bertz CT molecular complexity index is 1040. The highest BCUT2D eigenvalue weighted by Crippen LogP contribution is 2.28. The average molecular weight is 517 g/mol. The maximum absolute atomic E-state index is 12.7. The molecule has 9 heteroatoms. The molecule has 1 aromatic heterocycles. The second-order valence-corrected chi connectivity index (χ2v) is 11.6. The molecule has 1 N–H and O–H groups in total. The molecule has 0 spiro atoms. The van der Waals surface area contributed by atoms with Gasteiger partial charge in [0.2, 0.25) is 0 Å². The summed E-state index contributed by atoms with van der Waals surface area (Å²) in [6.07, 6.45) is 0. The Labute approximate surface area is 216 Å². The fraction of sp³-hybridized carbons (Fsp3) is 0.385. The minimum atomic E-state index is -1.26. The lowest BCUT2D eigenvalue weighted by Crippen LogP contribution is -2.40. The standard InChI is InChI=1S/C26H33ClN4O3S/c1-18(30-35(32)26(2,3)4)23-15-24(28-29-25(23)27)31(16-19-7-11-21(33-5)12-8-19)17-20-9-13-22(34-6)14-10-20/h7-15,18,30H,16-17H2,1-6H3/t18-,35-/m1/s1. The summed E-state index contributed by atoms with van der Waals surface area (Å²) in [5, 5.41) is 8.91. The summed E-state index contributed by atoms with van der Waals surface area (Å²) in [7, 11) is 3.30. The zero-order valence-corrected chi connectivity index (χ0v) is 22.6. The van der Waals surface area contributed by atoms with Crippen molar-refractivity contribution in [2.45, 2.75) is 51.6 Å². The third-order valence-corrected chi connectivity index (χ3v) is 7.43. The van der Waals surface area contributed by atoms with Crippen LogP contribution in [0.15, 0.2) is 54.6 Å². The molecule has 0 aliphatic carbocycles. The monoisotopic (exact) mass is 516 g/mol. The molecule has 0 saturated carbocycles. The van der Waals surface area contributed by atoms with E-state index in [2.05, 4.69) is 19.8 Å². The molecule has 2 aromatic carbocycles. The summed E-state index contributed by atoms with van der Waals surface area (Å²) >= 11 is 5.16. The SMILES string of the molecule is COc1ccc(CN(Cc2ccc(OC)cc2)c2cc([C@@H](C)N[S@+]([O-])C(C)(C)C)c(Cl)nn2)cc1. The van der Waals surface area contributed by atoms with Gasteiger partial charge in [0, 0.05) is 30.0 Å². The van der Waals surface area contributed by atoms with Gasteiger partial charge in [0.15, 0.2) is 11.0 Å². The number of nitrogens with one attached hydrogen (secondary N) is 1. The van der Waals surface area contributed by atoms with Gasteiger partial charge in [0.25, 0.3) is 0 Å². The van der Waals surface area contributed by atoms with Crippen molar-refractivity contribution in [2.24, 2.45) is 0 Å². The molecule has 0 radical (unpaired) electrons. The Hall–Kier alpha value is -2.52. The van der Waals surface area contributed by atoms with Crippen molar-refractivity contribution < 1.29 is 14.0 Å². The predicted octanol–water partition coefficient (Wildman–Crippen LogP) is 5.47. The normalized spacial score (nSPS) is 13.3. The Morgan fingerprint density at radius 3 is 1.86 bits per heavy atom. The molecule has 1 heterocycles. The van der Waals surface area contributed by atoms with Gasteiger partial charge in [-0.25, -0.2) is 0 Å². The number of methoxy groups -OCH3 is 2. The minimum absolute atomic E-state index is 0.277. The van der Waals surface area contributed by atoms with Crippen LogP contribution in [-0.2, 0) is 24.5 Å². The first-order valence-electron chi connectivity index (χ1n) is 11.3. The zero-order valence-electron chi connectivity index (χ0n) is 21.0. The van der Waals surface area contributed by atoms with Crippen LogP contribution >= 0.6 is 11.6 Å². The van der Waals surface area contributed by atoms with E-state index in [1.165, 1.54) is 0 Å². The topological polar surface area (TPSA) is 82.6 Å². The molecule has 7 nitrogen and oxygen atoms in total. The van der Waals surface area contributed by atoms with Crippen LogP contribution in [-0.4, -0.2) is 33.7 Å². The van der Waals surface area contributed by atoms with Crippen molar-refractivity contribution in [1.82, 2.24) is 14.9 Å². The van der Waals surface area contributed by atoms with E-state index >= 15 is 0 Å². The van der Waals surface area contributed by atoms with Gasteiger partial charge in [-0.05, 0) is 69.2 Å². The van der Waals surface area contributed by atoms with Crippen LogP contribution in [0.4, 0.5) is 5.82 Å². The van der Waals surface area contributed by atoms with Crippen LogP contribution in [0.5, 0.6) is 11.5 Å². The van der Waals surface area contributed by atoms with Crippen molar-refractivity contribution in [3.8, 4) is 11.5 Å². The van der Waals surface area contributed by atoms with Crippen molar-refractivity contribution in [2.75, 3.05) is 19.1 Å². The number of anilines is 1. The number of rotatable bonds is 10. The van der Waals surface area contributed by atoms with Crippen molar-refractivity contribution in [3.05, 3.63) is 76.4 Å². The highest BCUT2D eigenvalue weighted by molar-refractivity contribution is 7.90. The van der Waals surface area contributed by atoms with E-state index in [-0.39, 0.29) is 11.2 Å². The smallest absolute Gasteiger partial charge is 0.156 e. The molecule has 0 fully saturated rings. The maximum Gasteiger partial charge on any atom is 0.156 e. The van der Waals surface area contributed by atoms with Crippen molar-refractivity contribution >= 4 is 28.8 Å². The number of nitrogens with zero attached hydrogens (tertiary/aromatic N) is 3. The lowest BCUT2D eigenvalue weighted by Gasteiger charge is -2.28. The van der Waals surface area contributed by atoms with Gasteiger partial charge >= 0.3 is 0 Å². The fourth-order valence-corrected chi connectivity index (χ4v) is 4.42. The van der Waals surface area contributed by atoms with Gasteiger partial charge in [-0.1, -0.05) is 35.9 Å². The second-order valence-electron chi connectivity index (χ2n) is 9.22. The first kappa shape index (κ1) is 27.1. The zero-order chi connectivity index (χ0) is 25.6. The number of hydrogen-bond acceptors (Lipinski definition) is 7. The summed E-state index contributed by atoms with van der Waals surface area (Å²) < 4.78 is 26.0.